The first-order valence-electron chi connectivity index (χ1n) is 9.37. The van der Waals surface area contributed by atoms with Gasteiger partial charge in [0.15, 0.2) is 0 Å². The average Bonchev–Trinajstić information content (AvgIpc) is 2.67. The van der Waals surface area contributed by atoms with Crippen LogP contribution in [0, 0.1) is 5.92 Å². The Morgan fingerprint density at radius 1 is 1.00 bits per heavy atom. The summed E-state index contributed by atoms with van der Waals surface area (Å²) in [5.74, 6) is -0.324. The number of hydrogen-bond acceptors (Lipinski definition) is 3. The fourth-order valence-corrected chi connectivity index (χ4v) is 4.13. The number of rotatable bonds is 4. The molecular weight excluding hydrogens is 316 g/mol. The van der Waals surface area contributed by atoms with Crippen LogP contribution in [0.1, 0.15) is 60.4 Å². The average molecular weight is 344 g/mol. The minimum Gasteiger partial charge on any atom is -0.481 e. The van der Waals surface area contributed by atoms with E-state index < -0.39 is 5.97 Å². The summed E-state index contributed by atoms with van der Waals surface area (Å²) in [5, 5.41) is 12.5. The number of aliphatic carboxylic acids is 1. The fourth-order valence-electron chi connectivity index (χ4n) is 4.13. The van der Waals surface area contributed by atoms with Crippen LogP contribution in [0.5, 0.6) is 0 Å². The van der Waals surface area contributed by atoms with Crippen LogP contribution in [0.2, 0.25) is 0 Å². The van der Waals surface area contributed by atoms with Gasteiger partial charge in [-0.2, -0.15) is 0 Å². The highest BCUT2D eigenvalue weighted by Crippen LogP contribution is 2.29. The Labute approximate surface area is 149 Å². The van der Waals surface area contributed by atoms with Crippen LogP contribution < -0.4 is 5.32 Å². The van der Waals surface area contributed by atoms with Gasteiger partial charge in [-0.1, -0.05) is 12.1 Å². The molecule has 0 bridgehead atoms. The molecule has 1 amide bonds. The van der Waals surface area contributed by atoms with Crippen LogP contribution >= 0.6 is 0 Å². The van der Waals surface area contributed by atoms with Gasteiger partial charge in [-0.3, -0.25) is 9.59 Å². The van der Waals surface area contributed by atoms with E-state index in [2.05, 4.69) is 17.4 Å². The molecule has 0 radical (unpaired) electrons. The van der Waals surface area contributed by atoms with Crippen molar-refractivity contribution in [3.05, 3.63) is 35.4 Å². The van der Waals surface area contributed by atoms with Crippen LogP contribution in [-0.4, -0.2) is 48.1 Å². The lowest BCUT2D eigenvalue weighted by Gasteiger charge is -2.33. The Balaban J connectivity index is 1.59. The first kappa shape index (κ1) is 17.9. The van der Waals surface area contributed by atoms with Crippen LogP contribution in [0.4, 0.5) is 0 Å². The van der Waals surface area contributed by atoms with Crippen molar-refractivity contribution in [2.24, 2.45) is 5.92 Å². The molecule has 1 aliphatic carbocycles. The molecule has 2 aliphatic rings. The zero-order valence-corrected chi connectivity index (χ0v) is 14.9. The number of piperidine rings is 1. The first-order valence-corrected chi connectivity index (χ1v) is 9.37. The van der Waals surface area contributed by atoms with E-state index in [0.717, 1.165) is 44.3 Å². The molecule has 1 heterocycles. The molecule has 0 atom stereocenters. The Morgan fingerprint density at radius 3 is 2.16 bits per heavy atom. The summed E-state index contributed by atoms with van der Waals surface area (Å²) < 4.78 is 0. The van der Waals surface area contributed by atoms with Gasteiger partial charge in [-0.25, -0.2) is 0 Å². The molecule has 5 nitrogen and oxygen atoms in total. The third kappa shape index (κ3) is 4.21. The second-order valence-electron chi connectivity index (χ2n) is 7.41. The fraction of sp³-hybridized carbons (Fsp3) is 0.600. The van der Waals surface area contributed by atoms with E-state index >= 15 is 0 Å². The largest absolute Gasteiger partial charge is 0.481 e. The minimum atomic E-state index is -0.707. The summed E-state index contributed by atoms with van der Waals surface area (Å²) in [6.45, 7) is 2.13. The van der Waals surface area contributed by atoms with Crippen molar-refractivity contribution in [1.82, 2.24) is 10.2 Å². The zero-order valence-electron chi connectivity index (χ0n) is 14.9. The summed E-state index contributed by atoms with van der Waals surface area (Å²) >= 11 is 0. The SMILES string of the molecule is CN(C(=O)c1ccc(C2CCNCC2)cc1)C1CCC(C(=O)O)CC1. The van der Waals surface area contributed by atoms with Gasteiger partial charge in [0.1, 0.15) is 0 Å². The second-order valence-corrected chi connectivity index (χ2v) is 7.41. The van der Waals surface area contributed by atoms with Gasteiger partial charge in [0, 0.05) is 18.7 Å². The monoisotopic (exact) mass is 344 g/mol. The normalized spacial score (nSPS) is 24.7. The molecule has 2 N–H and O–H groups in total. The number of benzene rings is 1. The second kappa shape index (κ2) is 8.00. The Morgan fingerprint density at radius 2 is 1.60 bits per heavy atom. The van der Waals surface area contributed by atoms with Crippen LogP contribution in [0.3, 0.4) is 0 Å². The van der Waals surface area contributed by atoms with Gasteiger partial charge < -0.3 is 15.3 Å². The van der Waals surface area contributed by atoms with E-state index in [1.807, 2.05) is 19.2 Å². The van der Waals surface area contributed by atoms with Crippen LogP contribution in [0.25, 0.3) is 0 Å². The summed E-state index contributed by atoms with van der Waals surface area (Å²) in [5.41, 5.74) is 2.04. The van der Waals surface area contributed by atoms with Gasteiger partial charge >= 0.3 is 5.97 Å². The molecule has 1 aliphatic heterocycles. The lowest BCUT2D eigenvalue weighted by molar-refractivity contribution is -0.143. The maximum Gasteiger partial charge on any atom is 0.306 e. The number of amides is 1. The summed E-state index contributed by atoms with van der Waals surface area (Å²) in [6.07, 6.45) is 5.16. The highest BCUT2D eigenvalue weighted by atomic mass is 16.4. The standard InChI is InChI=1S/C20H28N2O3/c1-22(18-8-6-17(7-9-18)20(24)25)19(23)16-4-2-14(3-5-16)15-10-12-21-13-11-15/h2-5,15,17-18,21H,6-13H2,1H3,(H,24,25). The van der Waals surface area contributed by atoms with Crippen molar-refractivity contribution < 1.29 is 14.7 Å². The number of carboxylic acid groups (broad SMARTS) is 1. The van der Waals surface area contributed by atoms with Gasteiger partial charge in [-0.15, -0.1) is 0 Å². The third-order valence-corrected chi connectivity index (χ3v) is 5.88. The predicted molar refractivity (Wildman–Crippen MR) is 96.8 cm³/mol. The number of nitrogens with zero attached hydrogens (tertiary/aromatic N) is 1. The predicted octanol–water partition coefficient (Wildman–Crippen LogP) is 2.87. The molecule has 0 spiro atoms. The summed E-state index contributed by atoms with van der Waals surface area (Å²) in [4.78, 5) is 25.6. The molecule has 1 aromatic carbocycles. The summed E-state index contributed by atoms with van der Waals surface area (Å²) in [7, 11) is 1.84. The molecule has 1 saturated carbocycles. The van der Waals surface area contributed by atoms with Crippen molar-refractivity contribution in [3.8, 4) is 0 Å². The molecule has 5 heteroatoms. The molecule has 136 valence electrons. The van der Waals surface area contributed by atoms with Crippen LogP contribution in [0.15, 0.2) is 24.3 Å². The van der Waals surface area contributed by atoms with Crippen molar-refractivity contribution in [2.45, 2.75) is 50.5 Å². The van der Waals surface area contributed by atoms with Gasteiger partial charge in [-0.05, 0) is 75.2 Å². The topological polar surface area (TPSA) is 69.6 Å². The van der Waals surface area contributed by atoms with Gasteiger partial charge in [0.25, 0.3) is 5.91 Å². The lowest BCUT2D eigenvalue weighted by atomic mass is 9.85. The quantitative estimate of drug-likeness (QED) is 0.881. The molecule has 2 fully saturated rings. The lowest BCUT2D eigenvalue weighted by Crippen LogP contribution is -2.40. The number of hydrogen-bond donors (Lipinski definition) is 2. The molecule has 0 aromatic heterocycles. The Bertz CT molecular complexity index is 600. The molecule has 1 aromatic rings. The molecule has 1 saturated heterocycles. The van der Waals surface area contributed by atoms with Crippen molar-refractivity contribution in [3.63, 3.8) is 0 Å². The summed E-state index contributed by atoms with van der Waals surface area (Å²) in [6, 6.07) is 8.22. The first-order chi connectivity index (χ1) is 12.1. The molecule has 0 unspecified atom stereocenters. The Kier molecular flexibility index (Phi) is 5.74. The number of carbonyl (C=O) groups is 2. The molecular formula is C20H28N2O3. The van der Waals surface area contributed by atoms with Crippen molar-refractivity contribution in [2.75, 3.05) is 20.1 Å². The van der Waals surface area contributed by atoms with E-state index in [9.17, 15) is 9.59 Å². The van der Waals surface area contributed by atoms with Crippen LogP contribution in [-0.2, 0) is 4.79 Å². The van der Waals surface area contributed by atoms with Gasteiger partial charge in [0.05, 0.1) is 5.92 Å². The minimum absolute atomic E-state index is 0.0376. The zero-order chi connectivity index (χ0) is 17.8. The van der Waals surface area contributed by atoms with Crippen molar-refractivity contribution >= 4 is 11.9 Å². The maximum absolute atomic E-state index is 12.7. The highest BCUT2D eigenvalue weighted by Gasteiger charge is 2.30. The van der Waals surface area contributed by atoms with E-state index in [-0.39, 0.29) is 17.9 Å². The molecule has 25 heavy (non-hydrogen) atoms. The maximum atomic E-state index is 12.7. The number of carbonyl (C=O) groups excluding carboxylic acids is 1. The van der Waals surface area contributed by atoms with E-state index in [1.54, 1.807) is 4.90 Å². The number of carboxylic acids is 1. The smallest absolute Gasteiger partial charge is 0.306 e. The number of nitrogens with one attached hydrogen (secondary N) is 1. The Hall–Kier alpha value is -1.88. The van der Waals surface area contributed by atoms with E-state index in [1.165, 1.54) is 5.56 Å². The van der Waals surface area contributed by atoms with E-state index in [0.29, 0.717) is 18.8 Å². The van der Waals surface area contributed by atoms with E-state index in [4.69, 9.17) is 5.11 Å². The highest BCUT2D eigenvalue weighted by molar-refractivity contribution is 5.94. The molecule has 3 rings (SSSR count). The van der Waals surface area contributed by atoms with Crippen molar-refractivity contribution in [1.29, 1.82) is 0 Å². The van der Waals surface area contributed by atoms with Gasteiger partial charge in [0.2, 0.25) is 0 Å². The third-order valence-electron chi connectivity index (χ3n) is 5.88.